The molecule has 0 saturated carbocycles. The lowest BCUT2D eigenvalue weighted by Crippen LogP contribution is -2.34. The molecule has 0 aromatic carbocycles. The van der Waals surface area contributed by atoms with Crippen molar-refractivity contribution in [1.29, 1.82) is 0 Å². The number of likely N-dealkylation sites (tertiary alicyclic amines) is 1. The van der Waals surface area contributed by atoms with E-state index in [1.54, 1.807) is 0 Å². The minimum atomic E-state index is -0.0317. The van der Waals surface area contributed by atoms with Crippen LogP contribution in [0.25, 0.3) is 0 Å². The first-order valence-corrected chi connectivity index (χ1v) is 9.91. The van der Waals surface area contributed by atoms with E-state index in [1.165, 1.54) is 0 Å². The van der Waals surface area contributed by atoms with Gasteiger partial charge in [-0.2, -0.15) is 0 Å². The number of amides is 1. The van der Waals surface area contributed by atoms with Gasteiger partial charge in [0, 0.05) is 55.1 Å². The van der Waals surface area contributed by atoms with Gasteiger partial charge in [0.2, 0.25) is 5.95 Å². The van der Waals surface area contributed by atoms with Gasteiger partial charge in [-0.15, -0.1) is 0 Å². The topological polar surface area (TPSA) is 71.5 Å². The van der Waals surface area contributed by atoms with Crippen LogP contribution >= 0.6 is 0 Å². The highest BCUT2D eigenvalue weighted by Crippen LogP contribution is 2.34. The summed E-state index contributed by atoms with van der Waals surface area (Å²) in [6.07, 6.45) is 0. The van der Waals surface area contributed by atoms with Crippen LogP contribution < -0.4 is 9.64 Å². The Bertz CT molecular complexity index is 866. The number of aryl methyl sites for hydroxylation is 3. The quantitative estimate of drug-likeness (QED) is 0.810. The molecule has 2 saturated heterocycles. The highest BCUT2D eigenvalue weighted by atomic mass is 16.5. The van der Waals surface area contributed by atoms with E-state index >= 15 is 0 Å². The molecule has 0 spiro atoms. The molecule has 4 rings (SSSR count). The highest BCUT2D eigenvalue weighted by molar-refractivity contribution is 5.95. The molecule has 0 aliphatic carbocycles. The van der Waals surface area contributed by atoms with E-state index in [9.17, 15) is 4.79 Å². The van der Waals surface area contributed by atoms with Gasteiger partial charge in [-0.3, -0.25) is 4.79 Å². The first-order chi connectivity index (χ1) is 13.4. The number of anilines is 1. The number of hydrogen-bond acceptors (Lipinski definition) is 6. The molecule has 7 nitrogen and oxygen atoms in total. The summed E-state index contributed by atoms with van der Waals surface area (Å²) in [5.74, 6) is 2.22. The fourth-order valence-electron chi connectivity index (χ4n) is 4.29. The van der Waals surface area contributed by atoms with E-state index in [1.807, 2.05) is 50.8 Å². The molecule has 4 heterocycles. The molecule has 1 amide bonds. The smallest absolute Gasteiger partial charge is 0.276 e. The van der Waals surface area contributed by atoms with Crippen molar-refractivity contribution in [3.63, 3.8) is 0 Å². The van der Waals surface area contributed by atoms with Gasteiger partial charge in [0.25, 0.3) is 5.91 Å². The van der Waals surface area contributed by atoms with Crippen LogP contribution in [0.5, 0.6) is 5.75 Å². The van der Waals surface area contributed by atoms with Crippen molar-refractivity contribution in [2.24, 2.45) is 11.8 Å². The number of fused-ring (bicyclic) bond motifs is 1. The van der Waals surface area contributed by atoms with Crippen LogP contribution in [0.2, 0.25) is 0 Å². The minimum absolute atomic E-state index is 0.0317. The summed E-state index contributed by atoms with van der Waals surface area (Å²) in [6.45, 7) is 11.6. The van der Waals surface area contributed by atoms with Gasteiger partial charge in [0.05, 0.1) is 6.61 Å². The Hall–Kier alpha value is -2.70. The third kappa shape index (κ3) is 3.53. The molecule has 28 heavy (non-hydrogen) atoms. The standard InChI is InChI=1S/C21H27N5O2/c1-5-28-18-7-6-13(2)22-19(18)20(27)25-9-16-11-26(12-17(16)10-25)21-23-14(3)8-15(4)24-21/h6-8,16-17H,5,9-12H2,1-4H3. The second-order valence-corrected chi connectivity index (χ2v) is 7.82. The average molecular weight is 381 g/mol. The van der Waals surface area contributed by atoms with E-state index < -0.39 is 0 Å². The van der Waals surface area contributed by atoms with Gasteiger partial charge in [-0.25, -0.2) is 15.0 Å². The van der Waals surface area contributed by atoms with Crippen molar-refractivity contribution < 1.29 is 9.53 Å². The third-order valence-corrected chi connectivity index (χ3v) is 5.53. The minimum Gasteiger partial charge on any atom is -0.491 e. The van der Waals surface area contributed by atoms with Gasteiger partial charge in [-0.05, 0) is 45.9 Å². The lowest BCUT2D eigenvalue weighted by atomic mass is 10.0. The number of nitrogens with zero attached hydrogens (tertiary/aromatic N) is 5. The number of aromatic nitrogens is 3. The Balaban J connectivity index is 1.47. The van der Waals surface area contributed by atoms with Crippen molar-refractivity contribution in [3.05, 3.63) is 41.0 Å². The van der Waals surface area contributed by atoms with Crippen LogP contribution in [-0.2, 0) is 0 Å². The number of rotatable bonds is 4. The molecular weight excluding hydrogens is 354 g/mol. The summed E-state index contributed by atoms with van der Waals surface area (Å²) in [5.41, 5.74) is 3.23. The largest absolute Gasteiger partial charge is 0.491 e. The Kier molecular flexibility index (Phi) is 4.91. The van der Waals surface area contributed by atoms with Crippen molar-refractivity contribution in [2.45, 2.75) is 27.7 Å². The Morgan fingerprint density at radius 3 is 2.25 bits per heavy atom. The molecule has 2 fully saturated rings. The zero-order chi connectivity index (χ0) is 19.8. The predicted octanol–water partition coefficient (Wildman–Crippen LogP) is 2.40. The first kappa shape index (κ1) is 18.7. The van der Waals surface area contributed by atoms with Crippen LogP contribution in [0, 0.1) is 32.6 Å². The lowest BCUT2D eigenvalue weighted by Gasteiger charge is -2.22. The summed E-state index contributed by atoms with van der Waals surface area (Å²) in [5, 5.41) is 0. The Morgan fingerprint density at radius 1 is 1.00 bits per heavy atom. The van der Waals surface area contributed by atoms with Crippen LogP contribution in [0.1, 0.15) is 34.5 Å². The first-order valence-electron chi connectivity index (χ1n) is 9.91. The monoisotopic (exact) mass is 381 g/mol. The molecule has 0 radical (unpaired) electrons. The number of carbonyl (C=O) groups is 1. The Morgan fingerprint density at radius 2 is 1.64 bits per heavy atom. The predicted molar refractivity (Wildman–Crippen MR) is 107 cm³/mol. The summed E-state index contributed by atoms with van der Waals surface area (Å²) in [6, 6.07) is 5.71. The highest BCUT2D eigenvalue weighted by Gasteiger charge is 2.43. The maximum absolute atomic E-state index is 13.1. The maximum Gasteiger partial charge on any atom is 0.276 e. The van der Waals surface area contributed by atoms with Gasteiger partial charge in [-0.1, -0.05) is 0 Å². The van der Waals surface area contributed by atoms with Crippen molar-refractivity contribution in [2.75, 3.05) is 37.7 Å². The molecule has 2 aromatic heterocycles. The lowest BCUT2D eigenvalue weighted by molar-refractivity contribution is 0.0772. The molecule has 2 aromatic rings. The van der Waals surface area contributed by atoms with Crippen molar-refractivity contribution in [1.82, 2.24) is 19.9 Å². The maximum atomic E-state index is 13.1. The number of hydrogen-bond donors (Lipinski definition) is 0. The van der Waals surface area contributed by atoms with E-state index in [0.717, 1.165) is 49.2 Å². The van der Waals surface area contributed by atoms with Crippen LogP contribution in [0.15, 0.2) is 18.2 Å². The summed E-state index contributed by atoms with van der Waals surface area (Å²) >= 11 is 0. The molecule has 0 N–H and O–H groups in total. The molecule has 0 bridgehead atoms. The molecule has 148 valence electrons. The van der Waals surface area contributed by atoms with Crippen molar-refractivity contribution >= 4 is 11.9 Å². The van der Waals surface area contributed by atoms with Gasteiger partial charge >= 0.3 is 0 Å². The van der Waals surface area contributed by atoms with Gasteiger partial charge in [0.15, 0.2) is 11.4 Å². The molecule has 2 atom stereocenters. The normalized spacial score (nSPS) is 21.1. The Labute approximate surface area is 165 Å². The van der Waals surface area contributed by atoms with E-state index in [-0.39, 0.29) is 5.91 Å². The van der Waals surface area contributed by atoms with E-state index in [2.05, 4.69) is 19.9 Å². The van der Waals surface area contributed by atoms with Gasteiger partial charge in [0.1, 0.15) is 0 Å². The van der Waals surface area contributed by atoms with Gasteiger partial charge < -0.3 is 14.5 Å². The molecule has 2 aliphatic rings. The number of carbonyl (C=O) groups excluding carboxylic acids is 1. The molecule has 2 aliphatic heterocycles. The number of ether oxygens (including phenoxy) is 1. The van der Waals surface area contributed by atoms with E-state index in [4.69, 9.17) is 4.74 Å². The molecule has 7 heteroatoms. The fraction of sp³-hybridized carbons (Fsp3) is 0.524. The third-order valence-electron chi connectivity index (χ3n) is 5.53. The van der Waals surface area contributed by atoms with Crippen LogP contribution in [-0.4, -0.2) is 58.5 Å². The number of pyridine rings is 1. The summed E-state index contributed by atoms with van der Waals surface area (Å²) < 4.78 is 5.63. The van der Waals surface area contributed by atoms with Crippen LogP contribution in [0.3, 0.4) is 0 Å². The second kappa shape index (κ2) is 7.37. The average Bonchev–Trinajstić information content (AvgIpc) is 3.21. The summed E-state index contributed by atoms with van der Waals surface area (Å²) in [4.78, 5) is 31.0. The van der Waals surface area contributed by atoms with E-state index in [0.29, 0.717) is 29.9 Å². The fourth-order valence-corrected chi connectivity index (χ4v) is 4.29. The summed E-state index contributed by atoms with van der Waals surface area (Å²) in [7, 11) is 0. The van der Waals surface area contributed by atoms with Crippen LogP contribution in [0.4, 0.5) is 5.95 Å². The van der Waals surface area contributed by atoms with Crippen molar-refractivity contribution in [3.8, 4) is 5.75 Å². The molecular formula is C21H27N5O2. The second-order valence-electron chi connectivity index (χ2n) is 7.82. The zero-order valence-corrected chi connectivity index (χ0v) is 17.0. The zero-order valence-electron chi connectivity index (χ0n) is 17.0. The molecule has 2 unspecified atom stereocenters. The SMILES string of the molecule is CCOc1ccc(C)nc1C(=O)N1CC2CN(c3nc(C)cc(C)n3)CC2C1.